The fourth-order valence-electron chi connectivity index (χ4n) is 1.88. The van der Waals surface area contributed by atoms with Crippen molar-refractivity contribution < 1.29 is 4.42 Å². The molecular weight excluding hydrogens is 218 g/mol. The van der Waals surface area contributed by atoms with Gasteiger partial charge in [-0.05, 0) is 36.5 Å². The first-order chi connectivity index (χ1) is 7.81. The van der Waals surface area contributed by atoms with Crippen LogP contribution >= 0.6 is 11.3 Å². The average molecular weight is 235 g/mol. The lowest BCUT2D eigenvalue weighted by molar-refractivity contribution is 0.415. The molecule has 2 nitrogen and oxygen atoms in total. The van der Waals surface area contributed by atoms with Crippen LogP contribution in [0, 0.1) is 6.92 Å². The first kappa shape index (κ1) is 11.4. The summed E-state index contributed by atoms with van der Waals surface area (Å²) < 4.78 is 5.57. The van der Waals surface area contributed by atoms with Gasteiger partial charge in [-0.15, -0.1) is 11.3 Å². The predicted octanol–water partition coefficient (Wildman–Crippen LogP) is 3.54. The van der Waals surface area contributed by atoms with E-state index >= 15 is 0 Å². The Kier molecular flexibility index (Phi) is 3.80. The van der Waals surface area contributed by atoms with Crippen LogP contribution in [0.15, 0.2) is 34.3 Å². The van der Waals surface area contributed by atoms with Gasteiger partial charge in [-0.25, -0.2) is 0 Å². The van der Waals surface area contributed by atoms with Crippen molar-refractivity contribution in [2.45, 2.75) is 26.3 Å². The van der Waals surface area contributed by atoms with Gasteiger partial charge in [0.25, 0.3) is 0 Å². The van der Waals surface area contributed by atoms with Gasteiger partial charge >= 0.3 is 0 Å². The van der Waals surface area contributed by atoms with Crippen LogP contribution in [-0.4, -0.2) is 6.54 Å². The van der Waals surface area contributed by atoms with Gasteiger partial charge in [0.05, 0.1) is 12.3 Å². The Morgan fingerprint density at radius 2 is 2.31 bits per heavy atom. The zero-order chi connectivity index (χ0) is 11.4. The summed E-state index contributed by atoms with van der Waals surface area (Å²) in [5.41, 5.74) is 1.22. The number of aryl methyl sites for hydroxylation is 1. The maximum Gasteiger partial charge on any atom is 0.123 e. The van der Waals surface area contributed by atoms with Crippen LogP contribution in [0.4, 0.5) is 0 Å². The highest BCUT2D eigenvalue weighted by Gasteiger charge is 2.16. The maximum atomic E-state index is 5.57. The molecule has 0 fully saturated rings. The summed E-state index contributed by atoms with van der Waals surface area (Å²) in [6.45, 7) is 5.17. The van der Waals surface area contributed by atoms with Crippen molar-refractivity contribution >= 4 is 11.3 Å². The molecular formula is C13H17NOS. The van der Waals surface area contributed by atoms with E-state index in [4.69, 9.17) is 4.42 Å². The van der Waals surface area contributed by atoms with Gasteiger partial charge in [0, 0.05) is 11.3 Å². The summed E-state index contributed by atoms with van der Waals surface area (Å²) in [4.78, 5) is 1.39. The monoisotopic (exact) mass is 235 g/mol. The van der Waals surface area contributed by atoms with Gasteiger partial charge in [-0.2, -0.15) is 0 Å². The van der Waals surface area contributed by atoms with Gasteiger partial charge in [0.2, 0.25) is 0 Å². The van der Waals surface area contributed by atoms with Crippen molar-refractivity contribution in [3.8, 4) is 0 Å². The fraction of sp³-hybridized carbons (Fsp3) is 0.385. The third-order valence-electron chi connectivity index (χ3n) is 2.65. The lowest BCUT2D eigenvalue weighted by Gasteiger charge is -2.15. The largest absolute Gasteiger partial charge is 0.467 e. The van der Waals surface area contributed by atoms with Crippen molar-refractivity contribution in [3.05, 3.63) is 46.0 Å². The van der Waals surface area contributed by atoms with E-state index in [1.807, 2.05) is 6.07 Å². The van der Waals surface area contributed by atoms with Gasteiger partial charge < -0.3 is 9.73 Å². The predicted molar refractivity (Wildman–Crippen MR) is 67.9 cm³/mol. The van der Waals surface area contributed by atoms with E-state index in [2.05, 4.69) is 36.7 Å². The second-order valence-corrected chi connectivity index (χ2v) is 4.89. The molecule has 16 heavy (non-hydrogen) atoms. The van der Waals surface area contributed by atoms with Crippen molar-refractivity contribution in [3.63, 3.8) is 0 Å². The Labute approximate surface area is 100 Å². The third-order valence-corrected chi connectivity index (χ3v) is 3.55. The highest BCUT2D eigenvalue weighted by atomic mass is 32.1. The van der Waals surface area contributed by atoms with E-state index in [1.54, 1.807) is 17.6 Å². The Morgan fingerprint density at radius 1 is 1.44 bits per heavy atom. The highest BCUT2D eigenvalue weighted by molar-refractivity contribution is 7.09. The van der Waals surface area contributed by atoms with E-state index in [0.29, 0.717) is 6.04 Å². The van der Waals surface area contributed by atoms with Crippen molar-refractivity contribution in [2.24, 2.45) is 0 Å². The molecule has 0 spiro atoms. The molecule has 1 unspecified atom stereocenters. The molecule has 0 aromatic carbocycles. The van der Waals surface area contributed by atoms with Crippen LogP contribution in [0.3, 0.4) is 0 Å². The number of hydrogen-bond donors (Lipinski definition) is 1. The zero-order valence-electron chi connectivity index (χ0n) is 9.69. The Bertz CT molecular complexity index is 419. The van der Waals surface area contributed by atoms with Gasteiger partial charge in [-0.3, -0.25) is 0 Å². The summed E-state index contributed by atoms with van der Waals surface area (Å²) in [5, 5.41) is 5.60. The summed E-state index contributed by atoms with van der Waals surface area (Å²) in [6, 6.07) is 6.58. The molecule has 0 radical (unpaired) electrons. The van der Waals surface area contributed by atoms with Crippen LogP contribution in [0.2, 0.25) is 0 Å². The SMILES string of the molecule is CCNC(Cc1cccs1)c1occc1C. The van der Waals surface area contributed by atoms with Crippen molar-refractivity contribution in [1.29, 1.82) is 0 Å². The Morgan fingerprint density at radius 3 is 2.88 bits per heavy atom. The van der Waals surface area contributed by atoms with Crippen molar-refractivity contribution in [2.75, 3.05) is 6.54 Å². The molecule has 0 saturated heterocycles. The summed E-state index contributed by atoms with van der Waals surface area (Å²) in [7, 11) is 0. The highest BCUT2D eigenvalue weighted by Crippen LogP contribution is 2.24. The molecule has 0 bridgehead atoms. The molecule has 0 aliphatic carbocycles. The first-order valence-corrected chi connectivity index (χ1v) is 6.49. The lowest BCUT2D eigenvalue weighted by Crippen LogP contribution is -2.22. The standard InChI is InChI=1S/C13H17NOS/c1-3-14-12(9-11-5-4-8-16-11)13-10(2)6-7-15-13/h4-8,12,14H,3,9H2,1-2H3. The fourth-order valence-corrected chi connectivity index (χ4v) is 2.63. The third kappa shape index (κ3) is 2.54. The summed E-state index contributed by atoms with van der Waals surface area (Å²) in [6.07, 6.45) is 2.77. The molecule has 1 N–H and O–H groups in total. The zero-order valence-corrected chi connectivity index (χ0v) is 10.5. The number of rotatable bonds is 5. The molecule has 2 aromatic rings. The summed E-state index contributed by atoms with van der Waals surface area (Å²) in [5.74, 6) is 1.07. The van der Waals surface area contributed by atoms with E-state index in [-0.39, 0.29) is 0 Å². The van der Waals surface area contributed by atoms with Crippen molar-refractivity contribution in [1.82, 2.24) is 5.32 Å². The molecule has 1 atom stereocenters. The molecule has 3 heteroatoms. The number of likely N-dealkylation sites (N-methyl/N-ethyl adjacent to an activating group) is 1. The second-order valence-electron chi connectivity index (χ2n) is 3.86. The first-order valence-electron chi connectivity index (χ1n) is 5.61. The maximum absolute atomic E-state index is 5.57. The minimum absolute atomic E-state index is 0.290. The lowest BCUT2D eigenvalue weighted by atomic mass is 10.1. The van der Waals surface area contributed by atoms with Crippen LogP contribution in [0.5, 0.6) is 0 Å². The quantitative estimate of drug-likeness (QED) is 0.857. The van der Waals surface area contributed by atoms with Crippen LogP contribution in [0.1, 0.15) is 29.2 Å². The number of nitrogens with one attached hydrogen (secondary N) is 1. The molecule has 0 aliphatic rings. The molecule has 0 aliphatic heterocycles. The average Bonchev–Trinajstić information content (AvgIpc) is 2.88. The molecule has 2 aromatic heterocycles. The molecule has 2 rings (SSSR count). The van der Waals surface area contributed by atoms with Crippen LogP contribution < -0.4 is 5.32 Å². The topological polar surface area (TPSA) is 25.2 Å². The minimum atomic E-state index is 0.290. The number of hydrogen-bond acceptors (Lipinski definition) is 3. The van der Waals surface area contributed by atoms with Gasteiger partial charge in [0.15, 0.2) is 0 Å². The van der Waals surface area contributed by atoms with E-state index < -0.39 is 0 Å². The van der Waals surface area contributed by atoms with E-state index in [9.17, 15) is 0 Å². The van der Waals surface area contributed by atoms with Crippen LogP contribution in [0.25, 0.3) is 0 Å². The van der Waals surface area contributed by atoms with Crippen LogP contribution in [-0.2, 0) is 6.42 Å². The minimum Gasteiger partial charge on any atom is -0.467 e. The molecule has 0 saturated carbocycles. The van der Waals surface area contributed by atoms with E-state index in [1.165, 1.54) is 10.4 Å². The number of thiophene rings is 1. The second kappa shape index (κ2) is 5.32. The van der Waals surface area contributed by atoms with E-state index in [0.717, 1.165) is 18.7 Å². The molecule has 0 amide bonds. The Hall–Kier alpha value is -1.06. The van der Waals surface area contributed by atoms with Gasteiger partial charge in [0.1, 0.15) is 5.76 Å². The molecule has 2 heterocycles. The Balaban J connectivity index is 2.14. The van der Waals surface area contributed by atoms with Gasteiger partial charge in [-0.1, -0.05) is 13.0 Å². The normalized spacial score (nSPS) is 12.9. The smallest absolute Gasteiger partial charge is 0.123 e. The number of furan rings is 1. The summed E-state index contributed by atoms with van der Waals surface area (Å²) >= 11 is 1.80. The molecule has 86 valence electrons.